The molecule has 1 aromatic rings. The zero-order chi connectivity index (χ0) is 23.1. The fourth-order valence-electron chi connectivity index (χ4n) is 3.35. The van der Waals surface area contributed by atoms with E-state index in [4.69, 9.17) is 25.8 Å². The highest BCUT2D eigenvalue weighted by Crippen LogP contribution is 2.24. The molecule has 0 spiro atoms. The van der Waals surface area contributed by atoms with Crippen LogP contribution in [0.2, 0.25) is 5.02 Å². The first-order chi connectivity index (χ1) is 14.9. The molecule has 0 aliphatic rings. The number of hydrogen-bond donors (Lipinski definition) is 0. The molecular weight excluding hydrogens is 416 g/mol. The number of unbranched alkanes of at least 4 members (excludes halogenated alkanes) is 5. The molecule has 1 atom stereocenters. The van der Waals surface area contributed by atoms with Gasteiger partial charge in [-0.1, -0.05) is 70.5 Å². The van der Waals surface area contributed by atoms with Gasteiger partial charge in [0, 0.05) is 23.4 Å². The van der Waals surface area contributed by atoms with Crippen LogP contribution in [0.3, 0.4) is 0 Å². The van der Waals surface area contributed by atoms with Crippen LogP contribution in [0.25, 0.3) is 0 Å². The van der Waals surface area contributed by atoms with Crippen LogP contribution in [-0.4, -0.2) is 25.2 Å². The van der Waals surface area contributed by atoms with Gasteiger partial charge < -0.3 is 14.2 Å². The molecule has 1 unspecified atom stereocenters. The Morgan fingerprint density at radius 3 is 2.16 bits per heavy atom. The fourth-order valence-corrected chi connectivity index (χ4v) is 3.52. The quantitative estimate of drug-likeness (QED) is 0.201. The highest BCUT2D eigenvalue weighted by atomic mass is 35.5. The minimum absolute atomic E-state index is 0.0398. The molecule has 176 valence electrons. The summed E-state index contributed by atoms with van der Waals surface area (Å²) in [6.07, 6.45) is 8.68. The molecule has 5 nitrogen and oxygen atoms in total. The molecule has 0 saturated carbocycles. The van der Waals surface area contributed by atoms with Crippen molar-refractivity contribution in [2.45, 2.75) is 97.7 Å². The topological polar surface area (TPSA) is 61.8 Å². The molecule has 0 aliphatic heterocycles. The fraction of sp³-hybridized carbons (Fsp3) is 0.680. The van der Waals surface area contributed by atoms with Crippen molar-refractivity contribution in [3.63, 3.8) is 0 Å². The number of carbonyl (C=O) groups is 2. The SMILES string of the molecule is CCCC(OC(=O)CCCCCCCCC(=O)OCc1ccc(Cl)cc1OC)C(C)C. The molecule has 0 heterocycles. The molecule has 6 heteroatoms. The van der Waals surface area contributed by atoms with E-state index >= 15 is 0 Å². The average molecular weight is 455 g/mol. The number of ether oxygens (including phenoxy) is 3. The molecule has 0 fully saturated rings. The summed E-state index contributed by atoms with van der Waals surface area (Å²) in [6, 6.07) is 5.26. The van der Waals surface area contributed by atoms with Crippen molar-refractivity contribution in [2.24, 2.45) is 5.92 Å². The first kappa shape index (κ1) is 27.3. The van der Waals surface area contributed by atoms with Gasteiger partial charge in [0.15, 0.2) is 0 Å². The Balaban J connectivity index is 2.07. The molecule has 0 bridgehead atoms. The highest BCUT2D eigenvalue weighted by Gasteiger charge is 2.17. The van der Waals surface area contributed by atoms with Crippen molar-refractivity contribution in [3.05, 3.63) is 28.8 Å². The van der Waals surface area contributed by atoms with E-state index in [2.05, 4.69) is 20.8 Å². The highest BCUT2D eigenvalue weighted by molar-refractivity contribution is 6.30. The van der Waals surface area contributed by atoms with E-state index in [-0.39, 0.29) is 24.6 Å². The normalized spacial score (nSPS) is 11.9. The number of esters is 2. The first-order valence-corrected chi connectivity index (χ1v) is 11.9. The number of carbonyl (C=O) groups excluding carboxylic acids is 2. The lowest BCUT2D eigenvalue weighted by Gasteiger charge is -2.20. The van der Waals surface area contributed by atoms with Gasteiger partial charge in [-0.05, 0) is 37.3 Å². The third-order valence-electron chi connectivity index (χ3n) is 5.25. The van der Waals surface area contributed by atoms with E-state index in [0.717, 1.165) is 56.9 Å². The number of benzene rings is 1. The molecule has 0 amide bonds. The summed E-state index contributed by atoms with van der Waals surface area (Å²) in [5, 5.41) is 0.583. The Kier molecular flexibility index (Phi) is 14.1. The van der Waals surface area contributed by atoms with Crippen LogP contribution in [0, 0.1) is 5.92 Å². The van der Waals surface area contributed by atoms with Crippen LogP contribution in [0.4, 0.5) is 0 Å². The maximum atomic E-state index is 12.0. The van der Waals surface area contributed by atoms with Crippen molar-refractivity contribution >= 4 is 23.5 Å². The van der Waals surface area contributed by atoms with Gasteiger partial charge in [-0.25, -0.2) is 0 Å². The lowest BCUT2D eigenvalue weighted by atomic mass is 10.0. The van der Waals surface area contributed by atoms with E-state index in [1.54, 1.807) is 25.3 Å². The smallest absolute Gasteiger partial charge is 0.306 e. The van der Waals surface area contributed by atoms with Gasteiger partial charge in [-0.2, -0.15) is 0 Å². The van der Waals surface area contributed by atoms with E-state index in [0.29, 0.717) is 29.5 Å². The number of hydrogen-bond acceptors (Lipinski definition) is 5. The summed E-state index contributed by atoms with van der Waals surface area (Å²) >= 11 is 5.94. The predicted octanol–water partition coefficient (Wildman–Crippen LogP) is 6.88. The maximum Gasteiger partial charge on any atom is 0.306 e. The second-order valence-corrected chi connectivity index (χ2v) is 8.74. The van der Waals surface area contributed by atoms with Crippen LogP contribution in [-0.2, 0) is 25.7 Å². The van der Waals surface area contributed by atoms with E-state index < -0.39 is 0 Å². The standard InChI is InChI=1S/C25H39ClO5/c1-5-12-22(19(2)3)31-25(28)14-11-9-7-6-8-10-13-24(27)30-18-20-15-16-21(26)17-23(20)29-4/h15-17,19,22H,5-14,18H2,1-4H3. The third kappa shape index (κ3) is 12.0. The van der Waals surface area contributed by atoms with Crippen LogP contribution in [0.1, 0.15) is 90.5 Å². The second kappa shape index (κ2) is 16.0. The van der Waals surface area contributed by atoms with Gasteiger partial charge in [0.25, 0.3) is 0 Å². The Hall–Kier alpha value is -1.75. The lowest BCUT2D eigenvalue weighted by molar-refractivity contribution is -0.152. The lowest BCUT2D eigenvalue weighted by Crippen LogP contribution is -2.23. The maximum absolute atomic E-state index is 12.0. The minimum Gasteiger partial charge on any atom is -0.496 e. The zero-order valence-corrected chi connectivity index (χ0v) is 20.3. The first-order valence-electron chi connectivity index (χ1n) is 11.5. The summed E-state index contributed by atoms with van der Waals surface area (Å²) < 4.78 is 16.2. The molecular formula is C25H39ClO5. The van der Waals surface area contributed by atoms with Crippen LogP contribution in [0.5, 0.6) is 5.75 Å². The van der Waals surface area contributed by atoms with Crippen molar-refractivity contribution in [1.82, 2.24) is 0 Å². The van der Waals surface area contributed by atoms with Gasteiger partial charge in [-0.3, -0.25) is 9.59 Å². The summed E-state index contributed by atoms with van der Waals surface area (Å²) in [7, 11) is 1.56. The Bertz CT molecular complexity index is 659. The van der Waals surface area contributed by atoms with E-state index in [1.165, 1.54) is 0 Å². The van der Waals surface area contributed by atoms with Gasteiger partial charge in [0.2, 0.25) is 0 Å². The molecule has 0 saturated heterocycles. The second-order valence-electron chi connectivity index (χ2n) is 8.30. The molecule has 1 rings (SSSR count). The molecule has 0 aromatic heterocycles. The number of methoxy groups -OCH3 is 1. The third-order valence-corrected chi connectivity index (χ3v) is 5.48. The molecule has 0 N–H and O–H groups in total. The Morgan fingerprint density at radius 2 is 1.58 bits per heavy atom. The van der Waals surface area contributed by atoms with E-state index in [1.807, 2.05) is 0 Å². The van der Waals surface area contributed by atoms with Crippen LogP contribution >= 0.6 is 11.6 Å². The van der Waals surface area contributed by atoms with Crippen molar-refractivity contribution in [3.8, 4) is 5.75 Å². The summed E-state index contributed by atoms with van der Waals surface area (Å²) in [5.74, 6) is 0.705. The summed E-state index contributed by atoms with van der Waals surface area (Å²) in [4.78, 5) is 23.9. The van der Waals surface area contributed by atoms with Gasteiger partial charge in [0.1, 0.15) is 18.5 Å². The van der Waals surface area contributed by atoms with Crippen molar-refractivity contribution < 1.29 is 23.8 Å². The Labute approximate surface area is 192 Å². The Morgan fingerprint density at radius 1 is 0.968 bits per heavy atom. The molecule has 1 aromatic carbocycles. The minimum atomic E-state index is -0.202. The van der Waals surface area contributed by atoms with Gasteiger partial charge in [0.05, 0.1) is 7.11 Å². The summed E-state index contributed by atoms with van der Waals surface area (Å²) in [5.41, 5.74) is 0.799. The van der Waals surface area contributed by atoms with E-state index in [9.17, 15) is 9.59 Å². The molecule has 31 heavy (non-hydrogen) atoms. The van der Waals surface area contributed by atoms with Crippen LogP contribution < -0.4 is 4.74 Å². The predicted molar refractivity (Wildman–Crippen MR) is 124 cm³/mol. The monoisotopic (exact) mass is 454 g/mol. The largest absolute Gasteiger partial charge is 0.496 e. The average Bonchev–Trinajstić information content (AvgIpc) is 2.74. The zero-order valence-electron chi connectivity index (χ0n) is 19.6. The van der Waals surface area contributed by atoms with Gasteiger partial charge >= 0.3 is 11.9 Å². The number of halogens is 1. The van der Waals surface area contributed by atoms with Crippen molar-refractivity contribution in [1.29, 1.82) is 0 Å². The molecule has 0 aliphatic carbocycles. The summed E-state index contributed by atoms with van der Waals surface area (Å²) in [6.45, 7) is 6.49. The van der Waals surface area contributed by atoms with Gasteiger partial charge in [-0.15, -0.1) is 0 Å². The number of rotatable bonds is 16. The van der Waals surface area contributed by atoms with Crippen molar-refractivity contribution in [2.75, 3.05) is 7.11 Å². The molecule has 0 radical (unpaired) electrons. The van der Waals surface area contributed by atoms with Crippen LogP contribution in [0.15, 0.2) is 18.2 Å².